The lowest BCUT2D eigenvalue weighted by Crippen LogP contribution is -2.13. The molecule has 2 rings (SSSR count). The lowest BCUT2D eigenvalue weighted by Gasteiger charge is -2.21. The minimum atomic E-state index is -0.438. The van der Waals surface area contributed by atoms with Gasteiger partial charge in [0.05, 0.1) is 4.92 Å². The monoisotopic (exact) mass is 283 g/mol. The number of nitro groups is 1. The Morgan fingerprint density at radius 1 is 1.37 bits per heavy atom. The number of nitrogens with zero attached hydrogens (tertiary/aromatic N) is 2. The molecule has 5 nitrogen and oxygen atoms in total. The van der Waals surface area contributed by atoms with E-state index in [9.17, 15) is 10.1 Å². The second-order valence-corrected chi connectivity index (χ2v) is 5.37. The fourth-order valence-corrected chi connectivity index (χ4v) is 2.72. The highest BCUT2D eigenvalue weighted by Gasteiger charge is 2.17. The van der Waals surface area contributed by atoms with Gasteiger partial charge in [0, 0.05) is 12.6 Å². The van der Waals surface area contributed by atoms with Gasteiger partial charge in [0.2, 0.25) is 5.82 Å². The van der Waals surface area contributed by atoms with Crippen molar-refractivity contribution in [2.24, 2.45) is 5.92 Å². The summed E-state index contributed by atoms with van der Waals surface area (Å²) in [6.45, 7) is 0.707. The lowest BCUT2D eigenvalue weighted by atomic mass is 9.87. The van der Waals surface area contributed by atoms with Crippen LogP contribution >= 0.6 is 11.6 Å². The molecule has 1 heterocycles. The van der Waals surface area contributed by atoms with Crippen molar-refractivity contribution in [3.63, 3.8) is 0 Å². The van der Waals surface area contributed by atoms with E-state index in [2.05, 4.69) is 10.3 Å². The van der Waals surface area contributed by atoms with E-state index in [0.717, 1.165) is 12.3 Å². The Kier molecular flexibility index (Phi) is 4.96. The van der Waals surface area contributed by atoms with E-state index in [0.29, 0.717) is 6.54 Å². The Morgan fingerprint density at radius 2 is 2.11 bits per heavy atom. The molecular formula is C13H18ClN3O2. The molecule has 1 fully saturated rings. The van der Waals surface area contributed by atoms with Gasteiger partial charge in [-0.3, -0.25) is 10.1 Å². The zero-order valence-corrected chi connectivity index (χ0v) is 11.5. The van der Waals surface area contributed by atoms with Gasteiger partial charge in [-0.1, -0.05) is 43.7 Å². The van der Waals surface area contributed by atoms with Gasteiger partial charge in [-0.25, -0.2) is 4.98 Å². The van der Waals surface area contributed by atoms with Crippen LogP contribution < -0.4 is 5.32 Å². The average Bonchev–Trinajstić information content (AvgIpc) is 2.39. The summed E-state index contributed by atoms with van der Waals surface area (Å²) in [6.07, 6.45) is 7.52. The van der Waals surface area contributed by atoms with Crippen molar-refractivity contribution in [1.82, 2.24) is 4.98 Å². The molecule has 6 heteroatoms. The fourth-order valence-electron chi connectivity index (χ4n) is 2.58. The molecule has 1 saturated carbocycles. The highest BCUT2D eigenvalue weighted by Crippen LogP contribution is 2.27. The van der Waals surface area contributed by atoms with Crippen LogP contribution in [0.1, 0.15) is 38.5 Å². The minimum Gasteiger partial charge on any atom is -0.364 e. The van der Waals surface area contributed by atoms with E-state index in [1.807, 2.05) is 0 Å². The standard InChI is InChI=1S/C13H18ClN3O2/c14-12-7-6-11(17(18)19)13(16-12)15-9-8-10-4-2-1-3-5-10/h6-7,10H,1-5,8-9H2,(H,15,16). The Hall–Kier alpha value is -1.36. The molecule has 1 aliphatic carbocycles. The molecule has 1 aromatic rings. The van der Waals surface area contributed by atoms with Crippen molar-refractivity contribution < 1.29 is 4.92 Å². The number of rotatable bonds is 5. The van der Waals surface area contributed by atoms with Crippen LogP contribution in [-0.2, 0) is 0 Å². The van der Waals surface area contributed by atoms with Gasteiger partial charge in [-0.2, -0.15) is 0 Å². The zero-order valence-electron chi connectivity index (χ0n) is 10.8. The summed E-state index contributed by atoms with van der Waals surface area (Å²) in [6, 6.07) is 2.82. The fraction of sp³-hybridized carbons (Fsp3) is 0.615. The maximum atomic E-state index is 10.9. The summed E-state index contributed by atoms with van der Waals surface area (Å²) in [5, 5.41) is 14.2. The first-order valence-electron chi connectivity index (χ1n) is 6.71. The summed E-state index contributed by atoms with van der Waals surface area (Å²) in [7, 11) is 0. The Labute approximate surface area is 117 Å². The first-order valence-corrected chi connectivity index (χ1v) is 7.09. The maximum Gasteiger partial charge on any atom is 0.311 e. The Bertz CT molecular complexity index is 448. The number of nitrogens with one attached hydrogen (secondary N) is 1. The number of anilines is 1. The lowest BCUT2D eigenvalue weighted by molar-refractivity contribution is -0.384. The molecular weight excluding hydrogens is 266 g/mol. The molecule has 19 heavy (non-hydrogen) atoms. The third-order valence-corrected chi connectivity index (χ3v) is 3.82. The molecule has 0 bridgehead atoms. The van der Waals surface area contributed by atoms with Crippen molar-refractivity contribution in [2.75, 3.05) is 11.9 Å². The summed E-state index contributed by atoms with van der Waals surface area (Å²) < 4.78 is 0. The van der Waals surface area contributed by atoms with Crippen LogP contribution in [0.15, 0.2) is 12.1 Å². The predicted octanol–water partition coefficient (Wildman–Crippen LogP) is 4.03. The molecule has 1 aliphatic rings. The van der Waals surface area contributed by atoms with Crippen LogP contribution in [0.2, 0.25) is 5.15 Å². The molecule has 0 unspecified atom stereocenters. The molecule has 0 radical (unpaired) electrons. The van der Waals surface area contributed by atoms with Crippen molar-refractivity contribution in [3.05, 3.63) is 27.4 Å². The third-order valence-electron chi connectivity index (χ3n) is 3.61. The molecule has 0 aromatic carbocycles. The third kappa shape index (κ3) is 4.06. The van der Waals surface area contributed by atoms with Crippen LogP contribution in [0, 0.1) is 16.0 Å². The summed E-state index contributed by atoms with van der Waals surface area (Å²) >= 11 is 5.78. The van der Waals surface area contributed by atoms with Crippen LogP contribution in [0.25, 0.3) is 0 Å². The highest BCUT2D eigenvalue weighted by atomic mass is 35.5. The molecule has 1 N–H and O–H groups in total. The van der Waals surface area contributed by atoms with Gasteiger partial charge < -0.3 is 5.32 Å². The Balaban J connectivity index is 1.91. The zero-order chi connectivity index (χ0) is 13.7. The topological polar surface area (TPSA) is 68.1 Å². The molecule has 0 saturated heterocycles. The molecule has 0 aliphatic heterocycles. The number of hydrogen-bond acceptors (Lipinski definition) is 4. The quantitative estimate of drug-likeness (QED) is 0.503. The second-order valence-electron chi connectivity index (χ2n) is 4.98. The van der Waals surface area contributed by atoms with E-state index in [4.69, 9.17) is 11.6 Å². The number of halogens is 1. The van der Waals surface area contributed by atoms with E-state index in [-0.39, 0.29) is 16.7 Å². The number of pyridine rings is 1. The molecule has 104 valence electrons. The van der Waals surface area contributed by atoms with Gasteiger partial charge in [0.1, 0.15) is 5.15 Å². The van der Waals surface area contributed by atoms with E-state index in [1.54, 1.807) is 0 Å². The van der Waals surface area contributed by atoms with Gasteiger partial charge in [-0.15, -0.1) is 0 Å². The Morgan fingerprint density at radius 3 is 2.79 bits per heavy atom. The van der Waals surface area contributed by atoms with Gasteiger partial charge in [0.15, 0.2) is 0 Å². The molecule has 0 atom stereocenters. The van der Waals surface area contributed by atoms with E-state index < -0.39 is 4.92 Å². The second kappa shape index (κ2) is 6.70. The van der Waals surface area contributed by atoms with Crippen molar-refractivity contribution >= 4 is 23.1 Å². The van der Waals surface area contributed by atoms with Crippen LogP contribution in [-0.4, -0.2) is 16.5 Å². The van der Waals surface area contributed by atoms with Crippen molar-refractivity contribution in [2.45, 2.75) is 38.5 Å². The predicted molar refractivity (Wildman–Crippen MR) is 75.6 cm³/mol. The number of hydrogen-bond donors (Lipinski definition) is 1. The first kappa shape index (κ1) is 14.1. The van der Waals surface area contributed by atoms with Crippen LogP contribution in [0.3, 0.4) is 0 Å². The van der Waals surface area contributed by atoms with E-state index >= 15 is 0 Å². The summed E-state index contributed by atoms with van der Waals surface area (Å²) in [5.74, 6) is 1.01. The van der Waals surface area contributed by atoms with Crippen LogP contribution in [0.4, 0.5) is 11.5 Å². The highest BCUT2D eigenvalue weighted by molar-refractivity contribution is 6.29. The summed E-state index contributed by atoms with van der Waals surface area (Å²) in [5.41, 5.74) is -0.0203. The van der Waals surface area contributed by atoms with Gasteiger partial charge in [-0.05, 0) is 18.4 Å². The van der Waals surface area contributed by atoms with Crippen molar-refractivity contribution in [3.8, 4) is 0 Å². The first-order chi connectivity index (χ1) is 9.16. The van der Waals surface area contributed by atoms with Gasteiger partial charge in [0.25, 0.3) is 0 Å². The van der Waals surface area contributed by atoms with Gasteiger partial charge >= 0.3 is 5.69 Å². The average molecular weight is 284 g/mol. The summed E-state index contributed by atoms with van der Waals surface area (Å²) in [4.78, 5) is 14.4. The van der Waals surface area contributed by atoms with E-state index in [1.165, 1.54) is 44.2 Å². The number of aromatic nitrogens is 1. The normalized spacial score (nSPS) is 16.3. The largest absolute Gasteiger partial charge is 0.364 e. The smallest absolute Gasteiger partial charge is 0.311 e. The van der Waals surface area contributed by atoms with Crippen LogP contribution in [0.5, 0.6) is 0 Å². The minimum absolute atomic E-state index is 0.0203. The van der Waals surface area contributed by atoms with Crippen molar-refractivity contribution in [1.29, 1.82) is 0 Å². The molecule has 0 spiro atoms. The molecule has 1 aromatic heterocycles. The molecule has 0 amide bonds. The maximum absolute atomic E-state index is 10.9. The SMILES string of the molecule is O=[N+]([O-])c1ccc(Cl)nc1NCCC1CCCCC1.